The molecular formula is C15H14. The van der Waals surface area contributed by atoms with Crippen molar-refractivity contribution in [1.29, 1.82) is 0 Å². The lowest BCUT2D eigenvalue weighted by Gasteiger charge is -2.24. The van der Waals surface area contributed by atoms with Crippen LogP contribution in [0.15, 0.2) is 42.0 Å². The first-order valence-corrected chi connectivity index (χ1v) is 5.93. The van der Waals surface area contributed by atoms with Crippen molar-refractivity contribution in [3.8, 4) is 0 Å². The molecule has 0 spiro atoms. The van der Waals surface area contributed by atoms with Crippen LogP contribution in [0.25, 0.3) is 5.57 Å². The van der Waals surface area contributed by atoms with Gasteiger partial charge < -0.3 is 0 Å². The van der Waals surface area contributed by atoms with E-state index in [4.69, 9.17) is 0 Å². The topological polar surface area (TPSA) is 0 Å². The summed E-state index contributed by atoms with van der Waals surface area (Å²) in [5.74, 6) is 1.74. The Labute approximate surface area is 90.3 Å². The van der Waals surface area contributed by atoms with E-state index in [1.165, 1.54) is 19.3 Å². The van der Waals surface area contributed by atoms with E-state index in [9.17, 15) is 0 Å². The monoisotopic (exact) mass is 194 g/mol. The van der Waals surface area contributed by atoms with Gasteiger partial charge in [-0.3, -0.25) is 0 Å². The Balaban J connectivity index is 1.96. The van der Waals surface area contributed by atoms with Crippen LogP contribution in [-0.4, -0.2) is 0 Å². The molecular weight excluding hydrogens is 180 g/mol. The van der Waals surface area contributed by atoms with E-state index in [1.54, 1.807) is 22.3 Å². The van der Waals surface area contributed by atoms with E-state index in [-0.39, 0.29) is 0 Å². The fourth-order valence-corrected chi connectivity index (χ4v) is 3.19. The average Bonchev–Trinajstić information content (AvgIpc) is 3.07. The zero-order chi connectivity index (χ0) is 9.83. The van der Waals surface area contributed by atoms with Crippen LogP contribution in [0.2, 0.25) is 0 Å². The van der Waals surface area contributed by atoms with Crippen LogP contribution in [0.3, 0.4) is 0 Å². The molecule has 0 amide bonds. The Morgan fingerprint density at radius 1 is 1.07 bits per heavy atom. The molecule has 2 unspecified atom stereocenters. The van der Waals surface area contributed by atoms with Gasteiger partial charge in [-0.25, -0.2) is 0 Å². The molecule has 0 bridgehead atoms. The highest BCUT2D eigenvalue weighted by Gasteiger charge is 2.42. The Kier molecular flexibility index (Phi) is 1.39. The lowest BCUT2D eigenvalue weighted by atomic mass is 9.81. The van der Waals surface area contributed by atoms with Gasteiger partial charge in [0.1, 0.15) is 0 Å². The molecule has 2 atom stereocenters. The molecule has 74 valence electrons. The SMILES string of the molecule is C1=CC2CC2C2=C1CCc1ccccc12. The van der Waals surface area contributed by atoms with Crippen molar-refractivity contribution in [1.82, 2.24) is 0 Å². The molecule has 1 fully saturated rings. The van der Waals surface area contributed by atoms with E-state index >= 15 is 0 Å². The molecule has 4 rings (SSSR count). The molecule has 0 radical (unpaired) electrons. The number of allylic oxidation sites excluding steroid dienone is 4. The lowest BCUT2D eigenvalue weighted by molar-refractivity contribution is 0.881. The second-order valence-corrected chi connectivity index (χ2v) is 4.96. The predicted octanol–water partition coefficient (Wildman–Crippen LogP) is 3.59. The fourth-order valence-electron chi connectivity index (χ4n) is 3.19. The number of hydrogen-bond acceptors (Lipinski definition) is 0. The summed E-state index contributed by atoms with van der Waals surface area (Å²) in [6, 6.07) is 8.98. The van der Waals surface area contributed by atoms with E-state index in [0.29, 0.717) is 0 Å². The Bertz CT molecular complexity index is 491. The summed E-state index contributed by atoms with van der Waals surface area (Å²) in [6.07, 6.45) is 8.70. The van der Waals surface area contributed by atoms with Crippen molar-refractivity contribution >= 4 is 5.57 Å². The van der Waals surface area contributed by atoms with E-state index in [1.807, 2.05) is 0 Å². The van der Waals surface area contributed by atoms with Gasteiger partial charge in [-0.1, -0.05) is 36.4 Å². The summed E-state index contributed by atoms with van der Waals surface area (Å²) in [4.78, 5) is 0. The van der Waals surface area contributed by atoms with Gasteiger partial charge in [0.05, 0.1) is 0 Å². The van der Waals surface area contributed by atoms with Crippen LogP contribution >= 0.6 is 0 Å². The largest absolute Gasteiger partial charge is 0.0805 e. The van der Waals surface area contributed by atoms with Gasteiger partial charge in [0, 0.05) is 0 Å². The second kappa shape index (κ2) is 2.63. The van der Waals surface area contributed by atoms with Gasteiger partial charge in [-0.2, -0.15) is 0 Å². The van der Waals surface area contributed by atoms with Crippen molar-refractivity contribution in [2.45, 2.75) is 19.3 Å². The molecule has 0 N–H and O–H groups in total. The molecule has 1 saturated carbocycles. The summed E-state index contributed by atoms with van der Waals surface area (Å²) in [5.41, 5.74) is 6.42. The highest BCUT2D eigenvalue weighted by atomic mass is 14.5. The lowest BCUT2D eigenvalue weighted by Crippen LogP contribution is -2.07. The first-order valence-electron chi connectivity index (χ1n) is 5.93. The van der Waals surface area contributed by atoms with Crippen LogP contribution in [0.1, 0.15) is 24.0 Å². The van der Waals surface area contributed by atoms with Crippen molar-refractivity contribution in [3.05, 3.63) is 53.1 Å². The van der Waals surface area contributed by atoms with Crippen LogP contribution in [0.4, 0.5) is 0 Å². The molecule has 0 nitrogen and oxygen atoms in total. The summed E-state index contributed by atoms with van der Waals surface area (Å²) in [6.45, 7) is 0. The number of fused-ring (bicyclic) bond motifs is 4. The standard InChI is InChI=1S/C15H14/c1-2-4-13-10(3-1)5-6-11-7-8-12-9-14(12)15(11)13/h1-4,7-8,12,14H,5-6,9H2. The summed E-state index contributed by atoms with van der Waals surface area (Å²) < 4.78 is 0. The minimum atomic E-state index is 0.867. The van der Waals surface area contributed by atoms with Crippen LogP contribution in [0, 0.1) is 11.8 Å². The predicted molar refractivity (Wildman–Crippen MR) is 62.4 cm³/mol. The van der Waals surface area contributed by atoms with Crippen molar-refractivity contribution in [3.63, 3.8) is 0 Å². The maximum Gasteiger partial charge on any atom is -0.00841 e. The average molecular weight is 194 g/mol. The van der Waals surface area contributed by atoms with Gasteiger partial charge >= 0.3 is 0 Å². The smallest absolute Gasteiger partial charge is 0.00841 e. The summed E-state index contributed by atoms with van der Waals surface area (Å²) in [5, 5.41) is 0. The third kappa shape index (κ3) is 1.02. The second-order valence-electron chi connectivity index (χ2n) is 4.96. The van der Waals surface area contributed by atoms with E-state index in [0.717, 1.165) is 11.8 Å². The molecule has 0 aromatic heterocycles. The first-order chi connectivity index (χ1) is 7.43. The van der Waals surface area contributed by atoms with Gasteiger partial charge in [-0.05, 0) is 53.4 Å². The number of hydrogen-bond donors (Lipinski definition) is 0. The highest BCUT2D eigenvalue weighted by Crippen LogP contribution is 2.55. The van der Waals surface area contributed by atoms with Gasteiger partial charge in [0.25, 0.3) is 0 Å². The minimum Gasteiger partial charge on any atom is -0.0805 e. The van der Waals surface area contributed by atoms with Crippen LogP contribution < -0.4 is 0 Å². The number of benzene rings is 1. The Morgan fingerprint density at radius 2 is 2.00 bits per heavy atom. The quantitative estimate of drug-likeness (QED) is 0.592. The first kappa shape index (κ1) is 7.92. The summed E-state index contributed by atoms with van der Waals surface area (Å²) in [7, 11) is 0. The number of aryl methyl sites for hydroxylation is 1. The maximum atomic E-state index is 2.43. The summed E-state index contributed by atoms with van der Waals surface area (Å²) >= 11 is 0. The molecule has 3 aliphatic rings. The highest BCUT2D eigenvalue weighted by molar-refractivity contribution is 5.80. The van der Waals surface area contributed by atoms with Gasteiger partial charge in [0.15, 0.2) is 0 Å². The van der Waals surface area contributed by atoms with E-state index in [2.05, 4.69) is 36.4 Å². The zero-order valence-electron chi connectivity index (χ0n) is 8.74. The van der Waals surface area contributed by atoms with Crippen molar-refractivity contribution in [2.75, 3.05) is 0 Å². The van der Waals surface area contributed by atoms with Crippen molar-refractivity contribution < 1.29 is 0 Å². The molecule has 1 aromatic carbocycles. The normalized spacial score (nSPS) is 30.7. The minimum absolute atomic E-state index is 0.867. The number of rotatable bonds is 0. The Morgan fingerprint density at radius 3 is 3.00 bits per heavy atom. The third-order valence-corrected chi connectivity index (χ3v) is 4.07. The zero-order valence-corrected chi connectivity index (χ0v) is 8.74. The fraction of sp³-hybridized carbons (Fsp3) is 0.333. The third-order valence-electron chi connectivity index (χ3n) is 4.07. The maximum absolute atomic E-state index is 2.43. The molecule has 0 heterocycles. The van der Waals surface area contributed by atoms with E-state index < -0.39 is 0 Å². The molecule has 3 aliphatic carbocycles. The molecule has 0 saturated heterocycles. The van der Waals surface area contributed by atoms with Crippen LogP contribution in [-0.2, 0) is 6.42 Å². The molecule has 1 aromatic rings. The molecule has 15 heavy (non-hydrogen) atoms. The van der Waals surface area contributed by atoms with Crippen molar-refractivity contribution in [2.24, 2.45) is 11.8 Å². The van der Waals surface area contributed by atoms with Crippen LogP contribution in [0.5, 0.6) is 0 Å². The van der Waals surface area contributed by atoms with Gasteiger partial charge in [-0.15, -0.1) is 0 Å². The van der Waals surface area contributed by atoms with Gasteiger partial charge in [0.2, 0.25) is 0 Å². The Hall–Kier alpha value is -1.30. The molecule has 0 aliphatic heterocycles. The molecule has 0 heteroatoms.